The van der Waals surface area contributed by atoms with Crippen molar-refractivity contribution in [3.05, 3.63) is 17.6 Å². The molecule has 1 N–H and O–H groups in total. The first-order chi connectivity index (χ1) is 9.15. The molecule has 0 unspecified atom stereocenters. The fraction of sp³-hybridized carbons (Fsp3) is 0.714. The van der Waals surface area contributed by atoms with Gasteiger partial charge in [0.2, 0.25) is 0 Å². The van der Waals surface area contributed by atoms with Gasteiger partial charge in [-0.3, -0.25) is 0 Å². The van der Waals surface area contributed by atoms with Gasteiger partial charge in [0.1, 0.15) is 11.4 Å². The van der Waals surface area contributed by atoms with Gasteiger partial charge in [-0.05, 0) is 19.8 Å². The lowest BCUT2D eigenvalue weighted by molar-refractivity contribution is -0.0294. The Balaban J connectivity index is 3.23. The van der Waals surface area contributed by atoms with Crippen molar-refractivity contribution in [2.24, 2.45) is 0 Å². The highest BCUT2D eigenvalue weighted by Crippen LogP contribution is 2.30. The fourth-order valence-electron chi connectivity index (χ4n) is 2.14. The van der Waals surface area contributed by atoms with Crippen LogP contribution in [0.15, 0.2) is 6.07 Å². The molecule has 0 aliphatic rings. The third-order valence-corrected chi connectivity index (χ3v) is 3.37. The van der Waals surface area contributed by atoms with Crippen molar-refractivity contribution >= 4 is 5.82 Å². The van der Waals surface area contributed by atoms with Crippen molar-refractivity contribution in [1.82, 2.24) is 9.97 Å². The zero-order valence-electron chi connectivity index (χ0n) is 12.6. The van der Waals surface area contributed by atoms with E-state index in [9.17, 15) is 0 Å². The topological polar surface area (TPSA) is 56.3 Å². The molecule has 1 rings (SSSR count). The number of nitrogens with one attached hydrogen (secondary N) is 1. The summed E-state index contributed by atoms with van der Waals surface area (Å²) >= 11 is 0. The van der Waals surface area contributed by atoms with Crippen LogP contribution in [-0.2, 0) is 21.7 Å². The zero-order valence-corrected chi connectivity index (χ0v) is 12.6. The molecule has 1 aromatic rings. The van der Waals surface area contributed by atoms with Crippen LogP contribution in [0.5, 0.6) is 0 Å². The van der Waals surface area contributed by atoms with Crippen LogP contribution in [0.4, 0.5) is 5.82 Å². The highest BCUT2D eigenvalue weighted by molar-refractivity contribution is 5.36. The van der Waals surface area contributed by atoms with Gasteiger partial charge in [-0.25, -0.2) is 9.97 Å². The number of nitrogens with zero attached hydrogens (tertiary/aromatic N) is 2. The number of aromatic nitrogens is 2. The van der Waals surface area contributed by atoms with E-state index in [1.807, 2.05) is 13.0 Å². The first-order valence-electron chi connectivity index (χ1n) is 6.82. The van der Waals surface area contributed by atoms with Crippen LogP contribution < -0.4 is 5.32 Å². The van der Waals surface area contributed by atoms with Gasteiger partial charge in [0.15, 0.2) is 5.82 Å². The lowest BCUT2D eigenvalue weighted by Crippen LogP contribution is -2.30. The van der Waals surface area contributed by atoms with Gasteiger partial charge in [0.05, 0.1) is 12.3 Å². The summed E-state index contributed by atoms with van der Waals surface area (Å²) in [5.74, 6) is 1.55. The molecule has 0 aliphatic carbocycles. The largest absolute Gasteiger partial charge is 0.378 e. The lowest BCUT2D eigenvalue weighted by atomic mass is 9.96. The summed E-state index contributed by atoms with van der Waals surface area (Å²) in [6.07, 6.45) is 1.67. The minimum atomic E-state index is -0.423. The number of methoxy groups -OCH3 is 2. The predicted octanol–water partition coefficient (Wildman–Crippen LogP) is 2.72. The van der Waals surface area contributed by atoms with Crippen molar-refractivity contribution in [3.8, 4) is 0 Å². The first kappa shape index (κ1) is 15.9. The average Bonchev–Trinajstić information content (AvgIpc) is 2.42. The van der Waals surface area contributed by atoms with Gasteiger partial charge >= 0.3 is 0 Å². The minimum absolute atomic E-state index is 0.423. The van der Waals surface area contributed by atoms with E-state index in [4.69, 9.17) is 9.47 Å². The van der Waals surface area contributed by atoms with Gasteiger partial charge in [-0.15, -0.1) is 0 Å². The van der Waals surface area contributed by atoms with E-state index in [1.54, 1.807) is 14.2 Å². The molecule has 0 radical (unpaired) electrons. The number of anilines is 1. The molecule has 0 aromatic carbocycles. The molecule has 0 spiro atoms. The Kier molecular flexibility index (Phi) is 6.18. The van der Waals surface area contributed by atoms with Crippen molar-refractivity contribution in [2.45, 2.75) is 45.8 Å². The lowest BCUT2D eigenvalue weighted by Gasteiger charge is -2.29. The Bertz CT molecular complexity index is 360. The van der Waals surface area contributed by atoms with E-state index in [0.29, 0.717) is 6.61 Å². The monoisotopic (exact) mass is 267 g/mol. The molecule has 19 heavy (non-hydrogen) atoms. The molecular weight excluding hydrogens is 242 g/mol. The Hall–Kier alpha value is -1.20. The molecule has 0 saturated carbocycles. The summed E-state index contributed by atoms with van der Waals surface area (Å²) in [4.78, 5) is 9.18. The quantitative estimate of drug-likeness (QED) is 0.785. The highest BCUT2D eigenvalue weighted by Gasteiger charge is 2.32. The molecule has 1 heterocycles. The van der Waals surface area contributed by atoms with E-state index < -0.39 is 5.60 Å². The molecule has 0 fully saturated rings. The third-order valence-electron chi connectivity index (χ3n) is 3.37. The number of hydrogen-bond donors (Lipinski definition) is 1. The number of ether oxygens (including phenoxy) is 2. The van der Waals surface area contributed by atoms with E-state index in [1.165, 1.54) is 0 Å². The highest BCUT2D eigenvalue weighted by atomic mass is 16.5. The summed E-state index contributed by atoms with van der Waals surface area (Å²) in [6, 6.07) is 1.92. The molecular formula is C14H25N3O2. The Labute approximate surface area is 115 Å². The summed E-state index contributed by atoms with van der Waals surface area (Å²) in [7, 11) is 3.38. The van der Waals surface area contributed by atoms with Crippen LogP contribution >= 0.6 is 0 Å². The maximum absolute atomic E-state index is 5.70. The average molecular weight is 267 g/mol. The number of rotatable bonds is 8. The normalized spacial score (nSPS) is 11.6. The molecule has 0 amide bonds. The summed E-state index contributed by atoms with van der Waals surface area (Å²) < 4.78 is 10.9. The molecule has 5 nitrogen and oxygen atoms in total. The Morgan fingerprint density at radius 1 is 1.16 bits per heavy atom. The van der Waals surface area contributed by atoms with Gasteiger partial charge in [0, 0.05) is 26.8 Å². The van der Waals surface area contributed by atoms with Crippen molar-refractivity contribution in [2.75, 3.05) is 26.1 Å². The molecule has 1 aromatic heterocycles. The summed E-state index contributed by atoms with van der Waals surface area (Å²) in [5, 5.41) is 3.23. The summed E-state index contributed by atoms with van der Waals surface area (Å²) in [5.41, 5.74) is 0.445. The maximum atomic E-state index is 5.70. The summed E-state index contributed by atoms with van der Waals surface area (Å²) in [6.45, 7) is 7.52. The minimum Gasteiger partial charge on any atom is -0.378 e. The van der Waals surface area contributed by atoms with E-state index in [-0.39, 0.29) is 0 Å². The number of hydrogen-bond acceptors (Lipinski definition) is 5. The second-order valence-corrected chi connectivity index (χ2v) is 4.44. The second kappa shape index (κ2) is 7.40. The molecule has 0 aliphatic heterocycles. The van der Waals surface area contributed by atoms with Crippen LogP contribution in [0, 0.1) is 0 Å². The van der Waals surface area contributed by atoms with Gasteiger partial charge in [-0.1, -0.05) is 13.8 Å². The van der Waals surface area contributed by atoms with Crippen LogP contribution in [0.25, 0.3) is 0 Å². The first-order valence-corrected chi connectivity index (χ1v) is 6.82. The molecule has 0 atom stereocenters. The standard InChI is InChI=1S/C14H25N3O2/c1-6-14(7-2,19-5)13-16-11(10-18-4)9-12(17-13)15-8-3/h9H,6-8,10H2,1-5H3,(H,15,16,17). The van der Waals surface area contributed by atoms with Gasteiger partial charge in [-0.2, -0.15) is 0 Å². The van der Waals surface area contributed by atoms with E-state index in [0.717, 1.165) is 36.7 Å². The predicted molar refractivity (Wildman–Crippen MR) is 76.2 cm³/mol. The van der Waals surface area contributed by atoms with Crippen LogP contribution in [0.3, 0.4) is 0 Å². The zero-order chi connectivity index (χ0) is 14.3. The smallest absolute Gasteiger partial charge is 0.162 e. The maximum Gasteiger partial charge on any atom is 0.162 e. The van der Waals surface area contributed by atoms with Gasteiger partial charge < -0.3 is 14.8 Å². The van der Waals surface area contributed by atoms with Crippen LogP contribution in [-0.4, -0.2) is 30.7 Å². The molecule has 0 saturated heterocycles. The van der Waals surface area contributed by atoms with Crippen molar-refractivity contribution < 1.29 is 9.47 Å². The fourth-order valence-corrected chi connectivity index (χ4v) is 2.14. The third kappa shape index (κ3) is 3.64. The van der Waals surface area contributed by atoms with Crippen molar-refractivity contribution in [3.63, 3.8) is 0 Å². The molecule has 5 heteroatoms. The molecule has 108 valence electrons. The second-order valence-electron chi connectivity index (χ2n) is 4.44. The van der Waals surface area contributed by atoms with Crippen molar-refractivity contribution in [1.29, 1.82) is 0 Å². The Morgan fingerprint density at radius 3 is 2.32 bits per heavy atom. The molecule has 0 bridgehead atoms. The van der Waals surface area contributed by atoms with Crippen LogP contribution in [0.2, 0.25) is 0 Å². The van der Waals surface area contributed by atoms with Crippen LogP contribution in [0.1, 0.15) is 45.1 Å². The SMILES string of the molecule is CCNc1cc(COC)nc(C(CC)(CC)OC)n1. The Morgan fingerprint density at radius 2 is 1.84 bits per heavy atom. The van der Waals surface area contributed by atoms with Gasteiger partial charge in [0.25, 0.3) is 0 Å². The van der Waals surface area contributed by atoms with E-state index in [2.05, 4.69) is 29.1 Å². The van der Waals surface area contributed by atoms with E-state index >= 15 is 0 Å².